The highest BCUT2D eigenvalue weighted by atomic mass is 32.2. The van der Waals surface area contributed by atoms with Gasteiger partial charge in [-0.2, -0.15) is 0 Å². The number of carbonyl (C=O) groups is 2. The number of nitrogens with one attached hydrogen (secondary N) is 2. The van der Waals surface area contributed by atoms with E-state index in [4.69, 9.17) is 4.74 Å². The summed E-state index contributed by atoms with van der Waals surface area (Å²) in [5, 5.41) is 11.9. The second-order valence-corrected chi connectivity index (χ2v) is 9.63. The van der Waals surface area contributed by atoms with Crippen LogP contribution in [0.2, 0.25) is 0 Å². The lowest BCUT2D eigenvalue weighted by Gasteiger charge is -2.33. The molecule has 0 saturated carbocycles. The quantitative estimate of drug-likeness (QED) is 0.383. The number of benzene rings is 3. The van der Waals surface area contributed by atoms with Gasteiger partial charge in [-0.3, -0.25) is 4.79 Å². The van der Waals surface area contributed by atoms with E-state index in [0.717, 1.165) is 27.9 Å². The number of nitrogens with zero attached hydrogens (tertiary/aromatic N) is 3. The molecule has 0 spiro atoms. The Labute approximate surface area is 213 Å². The van der Waals surface area contributed by atoms with Crippen molar-refractivity contribution in [1.82, 2.24) is 14.9 Å². The molecule has 4 aromatic rings. The molecule has 0 unspecified atom stereocenters. The predicted molar refractivity (Wildman–Crippen MR) is 140 cm³/mol. The van der Waals surface area contributed by atoms with E-state index in [9.17, 15) is 9.59 Å². The molecule has 36 heavy (non-hydrogen) atoms. The van der Waals surface area contributed by atoms with Crippen LogP contribution in [0.15, 0.2) is 78.0 Å². The van der Waals surface area contributed by atoms with Crippen molar-refractivity contribution in [1.29, 1.82) is 0 Å². The van der Waals surface area contributed by atoms with Crippen LogP contribution in [-0.2, 0) is 9.53 Å². The number of ether oxygens (including phenoxy) is 1. The molecule has 2 heterocycles. The second-order valence-electron chi connectivity index (χ2n) is 8.52. The van der Waals surface area contributed by atoms with Crippen LogP contribution in [0.1, 0.15) is 33.1 Å². The summed E-state index contributed by atoms with van der Waals surface area (Å²) in [6.45, 7) is 3.95. The number of anilines is 1. The van der Waals surface area contributed by atoms with Crippen molar-refractivity contribution in [2.45, 2.75) is 30.3 Å². The molecule has 1 aliphatic heterocycles. The molecule has 1 aromatic heterocycles. The van der Waals surface area contributed by atoms with Gasteiger partial charge in [0, 0.05) is 11.3 Å². The standard InChI is InChI=1S/C27H25N5O3S/c1-16-8-7-9-17(2)21(16)28-25(33)23-22(18-12-14-20(15-13-18)26(34)35-3)31-32-24(29-30-27(32)36-23)19-10-5-4-6-11-19/h4-15,22-23,31H,1-3H3,(H,28,33)/t22-,23-/m0/s1. The van der Waals surface area contributed by atoms with Crippen LogP contribution in [0.25, 0.3) is 11.4 Å². The number of fused-ring (bicyclic) bond motifs is 1. The molecule has 0 aliphatic carbocycles. The maximum absolute atomic E-state index is 13.7. The van der Waals surface area contributed by atoms with Gasteiger partial charge < -0.3 is 15.5 Å². The molecule has 182 valence electrons. The van der Waals surface area contributed by atoms with E-state index >= 15 is 0 Å². The molecule has 0 bridgehead atoms. The number of thioether (sulfide) groups is 1. The highest BCUT2D eigenvalue weighted by molar-refractivity contribution is 8.00. The van der Waals surface area contributed by atoms with Gasteiger partial charge in [0.15, 0.2) is 5.82 Å². The molecule has 9 heteroatoms. The smallest absolute Gasteiger partial charge is 0.337 e. The fraction of sp³-hybridized carbons (Fsp3) is 0.185. The van der Waals surface area contributed by atoms with Gasteiger partial charge in [-0.25, -0.2) is 9.47 Å². The Morgan fingerprint density at radius 3 is 2.31 bits per heavy atom. The average Bonchev–Trinajstić information content (AvgIpc) is 3.33. The van der Waals surface area contributed by atoms with Crippen molar-refractivity contribution in [2.24, 2.45) is 0 Å². The van der Waals surface area contributed by atoms with Gasteiger partial charge in [0.2, 0.25) is 11.1 Å². The molecule has 5 rings (SSSR count). The summed E-state index contributed by atoms with van der Waals surface area (Å²) in [6, 6.07) is 22.3. The topological polar surface area (TPSA) is 98.1 Å². The third-order valence-corrected chi connectivity index (χ3v) is 7.36. The number of hydrogen-bond donors (Lipinski definition) is 2. The number of rotatable bonds is 5. The summed E-state index contributed by atoms with van der Waals surface area (Å²) in [5.74, 6) is 0.0923. The molecule has 0 saturated heterocycles. The molecule has 3 aromatic carbocycles. The van der Waals surface area contributed by atoms with Crippen LogP contribution >= 0.6 is 11.8 Å². The monoisotopic (exact) mass is 499 g/mol. The van der Waals surface area contributed by atoms with E-state index in [0.29, 0.717) is 16.5 Å². The normalized spacial score (nSPS) is 16.5. The lowest BCUT2D eigenvalue weighted by Crippen LogP contribution is -2.41. The number of esters is 1. The predicted octanol–water partition coefficient (Wildman–Crippen LogP) is 4.75. The van der Waals surface area contributed by atoms with Gasteiger partial charge in [-0.1, -0.05) is 72.4 Å². The van der Waals surface area contributed by atoms with E-state index in [2.05, 4.69) is 20.9 Å². The highest BCUT2D eigenvalue weighted by Gasteiger charge is 2.38. The number of aryl methyl sites for hydroxylation is 2. The number of methoxy groups -OCH3 is 1. The average molecular weight is 500 g/mol. The van der Waals surface area contributed by atoms with Crippen LogP contribution in [-0.4, -0.2) is 39.1 Å². The Morgan fingerprint density at radius 2 is 1.64 bits per heavy atom. The fourth-order valence-electron chi connectivity index (χ4n) is 4.23. The lowest BCUT2D eigenvalue weighted by atomic mass is 10.0. The largest absolute Gasteiger partial charge is 0.465 e. The first kappa shape index (κ1) is 23.6. The number of amides is 1. The highest BCUT2D eigenvalue weighted by Crippen LogP contribution is 2.39. The summed E-state index contributed by atoms with van der Waals surface area (Å²) in [4.78, 5) is 25.6. The Balaban J connectivity index is 1.53. The van der Waals surface area contributed by atoms with E-state index in [1.54, 1.807) is 12.1 Å². The first-order valence-electron chi connectivity index (χ1n) is 11.5. The molecule has 2 N–H and O–H groups in total. The molecular formula is C27H25N5O3S. The summed E-state index contributed by atoms with van der Waals surface area (Å²) < 4.78 is 6.65. The van der Waals surface area contributed by atoms with E-state index in [1.807, 2.05) is 79.2 Å². The third kappa shape index (κ3) is 4.45. The Kier molecular flexibility index (Phi) is 6.47. The van der Waals surface area contributed by atoms with Crippen molar-refractivity contribution in [3.8, 4) is 11.4 Å². The minimum Gasteiger partial charge on any atom is -0.465 e. The van der Waals surface area contributed by atoms with Crippen LogP contribution < -0.4 is 10.7 Å². The Morgan fingerprint density at radius 1 is 0.944 bits per heavy atom. The van der Waals surface area contributed by atoms with Gasteiger partial charge in [-0.15, -0.1) is 10.2 Å². The number of carbonyl (C=O) groups excluding carboxylic acids is 2. The van der Waals surface area contributed by atoms with E-state index in [1.165, 1.54) is 18.9 Å². The van der Waals surface area contributed by atoms with Crippen molar-refractivity contribution in [3.05, 3.63) is 95.1 Å². The summed E-state index contributed by atoms with van der Waals surface area (Å²) >= 11 is 1.35. The van der Waals surface area contributed by atoms with Gasteiger partial charge >= 0.3 is 5.97 Å². The van der Waals surface area contributed by atoms with Crippen LogP contribution in [0, 0.1) is 13.8 Å². The molecular weight excluding hydrogens is 474 g/mol. The molecule has 1 amide bonds. The minimum absolute atomic E-state index is 0.151. The zero-order valence-corrected chi connectivity index (χ0v) is 20.9. The van der Waals surface area contributed by atoms with Crippen molar-refractivity contribution >= 4 is 29.3 Å². The van der Waals surface area contributed by atoms with Crippen LogP contribution in [0.5, 0.6) is 0 Å². The molecule has 0 radical (unpaired) electrons. The second kappa shape index (κ2) is 9.87. The maximum Gasteiger partial charge on any atom is 0.337 e. The first-order chi connectivity index (χ1) is 17.5. The van der Waals surface area contributed by atoms with Crippen molar-refractivity contribution in [3.63, 3.8) is 0 Å². The minimum atomic E-state index is -0.548. The Hall–Kier alpha value is -4.11. The number of aromatic nitrogens is 3. The van der Waals surface area contributed by atoms with E-state index in [-0.39, 0.29) is 5.91 Å². The number of hydrogen-bond acceptors (Lipinski definition) is 7. The fourth-order valence-corrected chi connectivity index (χ4v) is 5.31. The first-order valence-corrected chi connectivity index (χ1v) is 12.3. The third-order valence-electron chi connectivity index (χ3n) is 6.15. The zero-order chi connectivity index (χ0) is 25.2. The van der Waals surface area contributed by atoms with Gasteiger partial charge in [0.05, 0.1) is 18.7 Å². The van der Waals surface area contributed by atoms with Crippen LogP contribution in [0.3, 0.4) is 0 Å². The summed E-state index contributed by atoms with van der Waals surface area (Å²) in [5.41, 5.74) is 8.44. The van der Waals surface area contributed by atoms with Crippen LogP contribution in [0.4, 0.5) is 5.69 Å². The zero-order valence-electron chi connectivity index (χ0n) is 20.1. The lowest BCUT2D eigenvalue weighted by molar-refractivity contribution is -0.116. The van der Waals surface area contributed by atoms with Gasteiger partial charge in [0.25, 0.3) is 0 Å². The molecule has 1 aliphatic rings. The maximum atomic E-state index is 13.7. The van der Waals surface area contributed by atoms with Crippen molar-refractivity contribution in [2.75, 3.05) is 17.9 Å². The molecule has 8 nitrogen and oxygen atoms in total. The Bertz CT molecular complexity index is 1400. The van der Waals surface area contributed by atoms with Gasteiger partial charge in [0.1, 0.15) is 5.25 Å². The summed E-state index contributed by atoms with van der Waals surface area (Å²) in [6.07, 6.45) is 0. The van der Waals surface area contributed by atoms with E-state index < -0.39 is 17.3 Å². The number of para-hydroxylation sites is 1. The van der Waals surface area contributed by atoms with Gasteiger partial charge in [-0.05, 0) is 42.7 Å². The van der Waals surface area contributed by atoms with Crippen molar-refractivity contribution < 1.29 is 14.3 Å². The molecule has 0 fully saturated rings. The molecule has 2 atom stereocenters. The SMILES string of the molecule is COC(=O)c1ccc([C@@H]2Nn3c(nnc3-c3ccccc3)S[C@@H]2C(=O)Nc2c(C)cccc2C)cc1. The summed E-state index contributed by atoms with van der Waals surface area (Å²) in [7, 11) is 1.35.